The molecule has 1 heterocycles. The monoisotopic (exact) mass is 447 g/mol. The van der Waals surface area contributed by atoms with Crippen molar-refractivity contribution >= 4 is 45.8 Å². The Morgan fingerprint density at radius 1 is 0.968 bits per heavy atom. The third-order valence-corrected chi connectivity index (χ3v) is 5.37. The zero-order valence-electron chi connectivity index (χ0n) is 17.8. The van der Waals surface area contributed by atoms with Gasteiger partial charge < -0.3 is 25.4 Å². The SMILES string of the molecule is CCOC(=O)c1ccc(NCC(=O)Nc2sc(C(=O)NC)c(C)c2C(=O)OCC)cc1. The van der Waals surface area contributed by atoms with Crippen LogP contribution in [0, 0.1) is 6.92 Å². The molecule has 0 aliphatic heterocycles. The average Bonchev–Trinajstić information content (AvgIpc) is 3.08. The quantitative estimate of drug-likeness (QED) is 0.505. The minimum absolute atomic E-state index is 0.0900. The van der Waals surface area contributed by atoms with Gasteiger partial charge in [-0.1, -0.05) is 0 Å². The first-order valence-corrected chi connectivity index (χ1v) is 10.5. The maximum Gasteiger partial charge on any atom is 0.341 e. The number of thiophene rings is 1. The predicted molar refractivity (Wildman–Crippen MR) is 118 cm³/mol. The molecular formula is C21H25N3O6S. The number of hydrogen-bond donors (Lipinski definition) is 3. The molecule has 0 unspecified atom stereocenters. The molecule has 1 aromatic carbocycles. The second-order valence-electron chi connectivity index (χ2n) is 6.26. The summed E-state index contributed by atoms with van der Waals surface area (Å²) in [5.74, 6) is -1.79. The van der Waals surface area contributed by atoms with Crippen molar-refractivity contribution in [2.24, 2.45) is 0 Å². The van der Waals surface area contributed by atoms with Crippen molar-refractivity contribution in [3.63, 3.8) is 0 Å². The molecule has 0 fully saturated rings. The van der Waals surface area contributed by atoms with Crippen LogP contribution >= 0.6 is 11.3 Å². The zero-order valence-corrected chi connectivity index (χ0v) is 18.6. The number of anilines is 2. The molecule has 166 valence electrons. The molecule has 0 bridgehead atoms. The first kappa shape index (κ1) is 23.9. The van der Waals surface area contributed by atoms with E-state index in [-0.39, 0.29) is 36.2 Å². The number of carbonyl (C=O) groups is 4. The highest BCUT2D eigenvalue weighted by molar-refractivity contribution is 7.18. The molecule has 0 saturated heterocycles. The van der Waals surface area contributed by atoms with Gasteiger partial charge in [-0.2, -0.15) is 0 Å². The van der Waals surface area contributed by atoms with Crippen LogP contribution in [-0.4, -0.2) is 50.6 Å². The highest BCUT2D eigenvalue weighted by atomic mass is 32.1. The molecule has 0 aliphatic carbocycles. The molecule has 3 N–H and O–H groups in total. The largest absolute Gasteiger partial charge is 0.462 e. The van der Waals surface area contributed by atoms with E-state index in [0.29, 0.717) is 21.7 Å². The number of esters is 2. The van der Waals surface area contributed by atoms with Crippen LogP contribution in [0.3, 0.4) is 0 Å². The summed E-state index contributed by atoms with van der Waals surface area (Å²) < 4.78 is 9.99. The van der Waals surface area contributed by atoms with Gasteiger partial charge in [0.2, 0.25) is 5.91 Å². The van der Waals surface area contributed by atoms with Crippen LogP contribution in [-0.2, 0) is 14.3 Å². The molecule has 1 aromatic heterocycles. The molecule has 2 aromatic rings. The van der Waals surface area contributed by atoms with Gasteiger partial charge in [0.25, 0.3) is 5.91 Å². The maximum absolute atomic E-state index is 12.4. The summed E-state index contributed by atoms with van der Waals surface area (Å²) in [6, 6.07) is 6.50. The first-order chi connectivity index (χ1) is 14.8. The predicted octanol–water partition coefficient (Wildman–Crippen LogP) is 2.82. The minimum Gasteiger partial charge on any atom is -0.462 e. The second-order valence-corrected chi connectivity index (χ2v) is 7.28. The third kappa shape index (κ3) is 6.05. The molecule has 31 heavy (non-hydrogen) atoms. The lowest BCUT2D eigenvalue weighted by Gasteiger charge is -2.09. The van der Waals surface area contributed by atoms with Gasteiger partial charge in [-0.05, 0) is 50.6 Å². The molecule has 0 radical (unpaired) electrons. The fourth-order valence-corrected chi connectivity index (χ4v) is 3.83. The van der Waals surface area contributed by atoms with Crippen LogP contribution < -0.4 is 16.0 Å². The molecule has 0 atom stereocenters. The summed E-state index contributed by atoms with van der Waals surface area (Å²) in [6.07, 6.45) is 0. The van der Waals surface area contributed by atoms with E-state index in [2.05, 4.69) is 16.0 Å². The Labute approximate surface area is 184 Å². The Kier molecular flexibility index (Phi) is 8.56. The van der Waals surface area contributed by atoms with Crippen LogP contribution in [0.5, 0.6) is 0 Å². The van der Waals surface area contributed by atoms with E-state index in [1.807, 2.05) is 0 Å². The molecule has 0 saturated carbocycles. The van der Waals surface area contributed by atoms with Crippen molar-refractivity contribution < 1.29 is 28.7 Å². The van der Waals surface area contributed by atoms with Crippen molar-refractivity contribution in [2.75, 3.05) is 37.4 Å². The molecule has 0 aliphatic rings. The highest BCUT2D eigenvalue weighted by Crippen LogP contribution is 2.33. The minimum atomic E-state index is -0.607. The summed E-state index contributed by atoms with van der Waals surface area (Å²) in [5, 5.41) is 8.37. The van der Waals surface area contributed by atoms with Crippen LogP contribution in [0.15, 0.2) is 24.3 Å². The molecule has 9 nitrogen and oxygen atoms in total. The normalized spacial score (nSPS) is 10.2. The maximum atomic E-state index is 12.4. The number of nitrogens with one attached hydrogen (secondary N) is 3. The lowest BCUT2D eigenvalue weighted by atomic mass is 10.1. The van der Waals surface area contributed by atoms with E-state index in [1.165, 1.54) is 7.05 Å². The van der Waals surface area contributed by atoms with E-state index in [9.17, 15) is 19.2 Å². The van der Waals surface area contributed by atoms with E-state index < -0.39 is 17.8 Å². The number of hydrogen-bond acceptors (Lipinski definition) is 8. The Balaban J connectivity index is 2.10. The van der Waals surface area contributed by atoms with Gasteiger partial charge in [-0.3, -0.25) is 9.59 Å². The van der Waals surface area contributed by atoms with Crippen molar-refractivity contribution in [1.82, 2.24) is 5.32 Å². The summed E-state index contributed by atoms with van der Waals surface area (Å²) in [7, 11) is 1.49. The van der Waals surface area contributed by atoms with Crippen LogP contribution in [0.25, 0.3) is 0 Å². The smallest absolute Gasteiger partial charge is 0.341 e. The van der Waals surface area contributed by atoms with Gasteiger partial charge in [0.1, 0.15) is 5.00 Å². The summed E-state index contributed by atoms with van der Waals surface area (Å²) in [4.78, 5) is 48.9. The summed E-state index contributed by atoms with van der Waals surface area (Å²) >= 11 is 1.01. The standard InChI is InChI=1S/C21H25N3O6S/c1-5-29-20(27)13-7-9-14(10-8-13)23-11-15(25)24-19-16(21(28)30-6-2)12(3)17(31-19)18(26)22-4/h7-10,23H,5-6,11H2,1-4H3,(H,22,26)(H,24,25). The van der Waals surface area contributed by atoms with Crippen molar-refractivity contribution in [3.8, 4) is 0 Å². The van der Waals surface area contributed by atoms with E-state index in [4.69, 9.17) is 9.47 Å². The lowest BCUT2D eigenvalue weighted by molar-refractivity contribution is -0.114. The Bertz CT molecular complexity index is 968. The number of amides is 2. The second kappa shape index (κ2) is 11.1. The fourth-order valence-electron chi connectivity index (χ4n) is 2.67. The van der Waals surface area contributed by atoms with E-state index >= 15 is 0 Å². The summed E-state index contributed by atoms with van der Waals surface area (Å²) in [5.41, 5.74) is 1.65. The van der Waals surface area contributed by atoms with Crippen molar-refractivity contribution in [2.45, 2.75) is 20.8 Å². The van der Waals surface area contributed by atoms with Gasteiger partial charge in [0.05, 0.1) is 35.8 Å². The Morgan fingerprint density at radius 2 is 1.58 bits per heavy atom. The van der Waals surface area contributed by atoms with Crippen molar-refractivity contribution in [3.05, 3.63) is 45.8 Å². The fraction of sp³-hybridized carbons (Fsp3) is 0.333. The lowest BCUT2D eigenvalue weighted by Crippen LogP contribution is -2.22. The van der Waals surface area contributed by atoms with Crippen LogP contribution in [0.1, 0.15) is 49.8 Å². The number of carbonyl (C=O) groups excluding carboxylic acids is 4. The Hall–Kier alpha value is -3.40. The van der Waals surface area contributed by atoms with Gasteiger partial charge in [0, 0.05) is 12.7 Å². The number of benzene rings is 1. The molecule has 10 heteroatoms. The van der Waals surface area contributed by atoms with Gasteiger partial charge in [-0.15, -0.1) is 11.3 Å². The summed E-state index contributed by atoms with van der Waals surface area (Å²) in [6.45, 7) is 5.40. The Morgan fingerprint density at radius 3 is 2.16 bits per heavy atom. The zero-order chi connectivity index (χ0) is 23.0. The van der Waals surface area contributed by atoms with E-state index in [1.54, 1.807) is 45.0 Å². The van der Waals surface area contributed by atoms with Crippen LogP contribution in [0.4, 0.5) is 10.7 Å². The average molecular weight is 448 g/mol. The van der Waals surface area contributed by atoms with Gasteiger partial charge >= 0.3 is 11.9 Å². The van der Waals surface area contributed by atoms with Crippen molar-refractivity contribution in [1.29, 1.82) is 0 Å². The molecular weight excluding hydrogens is 422 g/mol. The topological polar surface area (TPSA) is 123 Å². The van der Waals surface area contributed by atoms with Crippen LogP contribution in [0.2, 0.25) is 0 Å². The van der Waals surface area contributed by atoms with E-state index in [0.717, 1.165) is 11.3 Å². The molecule has 2 amide bonds. The number of rotatable bonds is 9. The number of ether oxygens (including phenoxy) is 2. The molecule has 0 spiro atoms. The first-order valence-electron chi connectivity index (χ1n) is 9.65. The highest BCUT2D eigenvalue weighted by Gasteiger charge is 2.26. The van der Waals surface area contributed by atoms with Gasteiger partial charge in [-0.25, -0.2) is 9.59 Å². The third-order valence-electron chi connectivity index (χ3n) is 4.16. The molecule has 2 rings (SSSR count). The van der Waals surface area contributed by atoms with Gasteiger partial charge in [0.15, 0.2) is 0 Å².